The fraction of sp³-hybridized carbons (Fsp3) is 0.0556. The molecule has 0 bridgehead atoms. The smallest absolute Gasteiger partial charge is 0.269 e. The lowest BCUT2D eigenvalue weighted by Gasteiger charge is -2.05. The molecule has 0 saturated heterocycles. The average Bonchev–Trinajstić information content (AvgIpc) is 2.57. The Hall–Kier alpha value is -2.86. The van der Waals surface area contributed by atoms with Gasteiger partial charge in [-0.15, -0.1) is 0 Å². The molecule has 0 fully saturated rings. The van der Waals surface area contributed by atoms with E-state index in [1.165, 1.54) is 30.0 Å². The number of anilines is 1. The first-order valence-corrected chi connectivity index (χ1v) is 8.03. The fourth-order valence-electron chi connectivity index (χ4n) is 1.82. The van der Waals surface area contributed by atoms with E-state index in [-0.39, 0.29) is 11.6 Å². The van der Waals surface area contributed by atoms with Crippen LogP contribution < -0.4 is 5.32 Å². The van der Waals surface area contributed by atoms with E-state index in [1.807, 2.05) is 37.3 Å². The number of nitro benzene ring substituents is 1. The predicted octanol–water partition coefficient (Wildman–Crippen LogP) is 4.82. The quantitative estimate of drug-likeness (QED) is 0.354. The van der Waals surface area contributed by atoms with Crippen molar-refractivity contribution in [1.29, 1.82) is 0 Å². The SMILES string of the molecule is C/C=C/C=C/C(=O)Nc1ccc(Sc2ccc([N+](=O)[O-])cc2)cc1. The second kappa shape index (κ2) is 8.69. The highest BCUT2D eigenvalue weighted by Gasteiger charge is 2.05. The lowest BCUT2D eigenvalue weighted by Crippen LogP contribution is -2.07. The number of nitrogens with one attached hydrogen (secondary N) is 1. The molecule has 0 radical (unpaired) electrons. The van der Waals surface area contributed by atoms with Crippen LogP contribution in [-0.2, 0) is 4.79 Å². The van der Waals surface area contributed by atoms with Crippen molar-refractivity contribution in [2.45, 2.75) is 16.7 Å². The van der Waals surface area contributed by atoms with Gasteiger partial charge in [-0.05, 0) is 43.3 Å². The molecule has 0 aliphatic rings. The maximum absolute atomic E-state index is 11.7. The zero-order valence-corrected chi connectivity index (χ0v) is 13.8. The van der Waals surface area contributed by atoms with Gasteiger partial charge in [0.2, 0.25) is 5.91 Å². The van der Waals surface area contributed by atoms with Crippen molar-refractivity contribution in [3.05, 3.63) is 82.9 Å². The number of carbonyl (C=O) groups excluding carboxylic acids is 1. The van der Waals surface area contributed by atoms with Crippen molar-refractivity contribution in [3.63, 3.8) is 0 Å². The molecule has 0 unspecified atom stereocenters. The van der Waals surface area contributed by atoms with Crippen LogP contribution in [0, 0.1) is 10.1 Å². The minimum atomic E-state index is -0.420. The molecule has 0 atom stereocenters. The number of non-ortho nitro benzene ring substituents is 1. The summed E-state index contributed by atoms with van der Waals surface area (Å²) >= 11 is 1.49. The van der Waals surface area contributed by atoms with Crippen LogP contribution in [0.25, 0.3) is 0 Å². The number of allylic oxidation sites excluding steroid dienone is 3. The van der Waals surface area contributed by atoms with Crippen molar-refractivity contribution in [2.75, 3.05) is 5.32 Å². The van der Waals surface area contributed by atoms with Gasteiger partial charge in [0.15, 0.2) is 0 Å². The summed E-state index contributed by atoms with van der Waals surface area (Å²) < 4.78 is 0. The van der Waals surface area contributed by atoms with E-state index in [1.54, 1.807) is 24.3 Å². The van der Waals surface area contributed by atoms with Crippen LogP contribution in [-0.4, -0.2) is 10.8 Å². The molecule has 5 nitrogen and oxygen atoms in total. The van der Waals surface area contributed by atoms with Gasteiger partial charge in [0.05, 0.1) is 4.92 Å². The van der Waals surface area contributed by atoms with E-state index in [2.05, 4.69) is 5.32 Å². The van der Waals surface area contributed by atoms with Gasteiger partial charge in [-0.25, -0.2) is 0 Å². The van der Waals surface area contributed by atoms with E-state index in [0.29, 0.717) is 5.69 Å². The summed E-state index contributed by atoms with van der Waals surface area (Å²) in [5, 5.41) is 13.4. The third-order valence-electron chi connectivity index (χ3n) is 2.96. The Bertz CT molecular complexity index is 766. The number of nitro groups is 1. The Kier molecular flexibility index (Phi) is 6.33. The van der Waals surface area contributed by atoms with Crippen molar-refractivity contribution in [1.82, 2.24) is 0 Å². The van der Waals surface area contributed by atoms with E-state index in [9.17, 15) is 14.9 Å². The van der Waals surface area contributed by atoms with Crippen LogP contribution in [0.3, 0.4) is 0 Å². The molecule has 0 heterocycles. The Morgan fingerprint density at radius 2 is 1.62 bits per heavy atom. The number of carbonyl (C=O) groups is 1. The molecule has 1 amide bonds. The molecule has 0 aliphatic heterocycles. The van der Waals surface area contributed by atoms with Gasteiger partial charge in [-0.1, -0.05) is 30.0 Å². The zero-order chi connectivity index (χ0) is 17.4. The largest absolute Gasteiger partial charge is 0.323 e. The fourth-order valence-corrected chi connectivity index (χ4v) is 2.63. The topological polar surface area (TPSA) is 72.2 Å². The van der Waals surface area contributed by atoms with Crippen molar-refractivity contribution in [3.8, 4) is 0 Å². The Balaban J connectivity index is 1.96. The summed E-state index contributed by atoms with van der Waals surface area (Å²) in [5.41, 5.74) is 0.779. The third kappa shape index (κ3) is 5.40. The van der Waals surface area contributed by atoms with Crippen LogP contribution in [0.15, 0.2) is 82.6 Å². The molecule has 1 N–H and O–H groups in total. The Morgan fingerprint density at radius 3 is 2.17 bits per heavy atom. The van der Waals surface area contributed by atoms with E-state index < -0.39 is 4.92 Å². The molecule has 0 aliphatic carbocycles. The van der Waals surface area contributed by atoms with E-state index in [0.717, 1.165) is 9.79 Å². The summed E-state index contributed by atoms with van der Waals surface area (Å²) in [5.74, 6) is -0.191. The third-order valence-corrected chi connectivity index (χ3v) is 3.97. The number of nitrogens with zero attached hydrogens (tertiary/aromatic N) is 1. The molecule has 24 heavy (non-hydrogen) atoms. The van der Waals surface area contributed by atoms with Gasteiger partial charge in [0.1, 0.15) is 0 Å². The maximum Gasteiger partial charge on any atom is 0.269 e. The highest BCUT2D eigenvalue weighted by molar-refractivity contribution is 7.99. The van der Waals surface area contributed by atoms with Gasteiger partial charge in [0, 0.05) is 33.7 Å². The number of hydrogen-bond donors (Lipinski definition) is 1. The molecular weight excluding hydrogens is 324 g/mol. The van der Waals surface area contributed by atoms with Crippen molar-refractivity contribution in [2.24, 2.45) is 0 Å². The van der Waals surface area contributed by atoms with Gasteiger partial charge in [-0.2, -0.15) is 0 Å². The molecule has 0 saturated carbocycles. The molecule has 0 aromatic heterocycles. The first-order chi connectivity index (χ1) is 11.6. The molecule has 122 valence electrons. The standard InChI is InChI=1S/C18H16N2O3S/c1-2-3-4-5-18(21)19-14-6-10-16(11-7-14)24-17-12-8-15(9-13-17)20(22)23/h2-13H,1H3,(H,19,21)/b3-2+,5-4+. The van der Waals surface area contributed by atoms with Gasteiger partial charge < -0.3 is 5.32 Å². The normalized spacial score (nSPS) is 11.0. The first kappa shape index (κ1) is 17.5. The second-order valence-electron chi connectivity index (χ2n) is 4.75. The lowest BCUT2D eigenvalue weighted by atomic mass is 10.3. The van der Waals surface area contributed by atoms with E-state index >= 15 is 0 Å². The van der Waals surface area contributed by atoms with Crippen molar-refractivity contribution >= 4 is 29.0 Å². The first-order valence-electron chi connectivity index (χ1n) is 7.21. The Morgan fingerprint density at radius 1 is 1.04 bits per heavy atom. The monoisotopic (exact) mass is 340 g/mol. The summed E-state index contributed by atoms with van der Waals surface area (Å²) in [6.07, 6.45) is 6.76. The zero-order valence-electron chi connectivity index (χ0n) is 13.0. The maximum atomic E-state index is 11.7. The molecule has 6 heteroatoms. The Labute approximate surface area is 144 Å². The number of amides is 1. The number of hydrogen-bond acceptors (Lipinski definition) is 4. The molecular formula is C18H16N2O3S. The van der Waals surface area contributed by atoms with Crippen LogP contribution in [0.4, 0.5) is 11.4 Å². The average molecular weight is 340 g/mol. The molecule has 0 spiro atoms. The summed E-state index contributed by atoms with van der Waals surface area (Å²) in [6.45, 7) is 1.88. The summed E-state index contributed by atoms with van der Waals surface area (Å²) in [7, 11) is 0. The van der Waals surface area contributed by atoms with Gasteiger partial charge in [-0.3, -0.25) is 14.9 Å². The van der Waals surface area contributed by atoms with Crippen LogP contribution in [0.2, 0.25) is 0 Å². The summed E-state index contributed by atoms with van der Waals surface area (Å²) in [4.78, 5) is 23.8. The van der Waals surface area contributed by atoms with E-state index in [4.69, 9.17) is 0 Å². The number of rotatable bonds is 6. The molecule has 2 aromatic carbocycles. The van der Waals surface area contributed by atoms with Crippen LogP contribution >= 0.6 is 11.8 Å². The summed E-state index contributed by atoms with van der Waals surface area (Å²) in [6, 6.07) is 13.8. The van der Waals surface area contributed by atoms with Crippen LogP contribution in [0.1, 0.15) is 6.92 Å². The minimum absolute atomic E-state index is 0.0726. The van der Waals surface area contributed by atoms with Gasteiger partial charge in [0.25, 0.3) is 5.69 Å². The second-order valence-corrected chi connectivity index (χ2v) is 5.90. The molecule has 2 rings (SSSR count). The van der Waals surface area contributed by atoms with Crippen LogP contribution in [0.5, 0.6) is 0 Å². The number of benzene rings is 2. The lowest BCUT2D eigenvalue weighted by molar-refractivity contribution is -0.384. The highest BCUT2D eigenvalue weighted by atomic mass is 32.2. The highest BCUT2D eigenvalue weighted by Crippen LogP contribution is 2.29. The predicted molar refractivity (Wildman–Crippen MR) is 96.2 cm³/mol. The van der Waals surface area contributed by atoms with Gasteiger partial charge >= 0.3 is 0 Å². The molecule has 2 aromatic rings. The minimum Gasteiger partial charge on any atom is -0.323 e. The van der Waals surface area contributed by atoms with Crippen molar-refractivity contribution < 1.29 is 9.72 Å².